The maximum absolute atomic E-state index is 9.45. The summed E-state index contributed by atoms with van der Waals surface area (Å²) < 4.78 is 7.18. The highest BCUT2D eigenvalue weighted by atomic mass is 32.1. The van der Waals surface area contributed by atoms with Gasteiger partial charge in [-0.15, -0.1) is 12.6 Å². The Bertz CT molecular complexity index is 572. The van der Waals surface area contributed by atoms with Crippen molar-refractivity contribution in [2.24, 2.45) is 0 Å². The molecule has 7 nitrogen and oxygen atoms in total. The fourth-order valence-corrected chi connectivity index (χ4v) is 2.17. The van der Waals surface area contributed by atoms with E-state index in [2.05, 4.69) is 27.6 Å². The zero-order valence-corrected chi connectivity index (χ0v) is 9.71. The van der Waals surface area contributed by atoms with Crippen molar-refractivity contribution in [3.05, 3.63) is 6.33 Å². The number of anilines is 1. The molecule has 1 aliphatic rings. The second-order valence-corrected chi connectivity index (χ2v) is 4.33. The first-order valence-corrected chi connectivity index (χ1v) is 5.58. The Morgan fingerprint density at radius 3 is 3.06 bits per heavy atom. The molecule has 0 aromatic carbocycles. The maximum Gasteiger partial charge on any atom is 0.223 e. The molecule has 0 amide bonds. The van der Waals surface area contributed by atoms with Gasteiger partial charge in [0.15, 0.2) is 5.65 Å². The molecule has 1 saturated heterocycles. The van der Waals surface area contributed by atoms with E-state index >= 15 is 0 Å². The average Bonchev–Trinajstić information content (AvgIpc) is 2.83. The van der Waals surface area contributed by atoms with Crippen LogP contribution >= 0.6 is 12.6 Å². The van der Waals surface area contributed by atoms with Crippen LogP contribution in [-0.2, 0) is 4.74 Å². The van der Waals surface area contributed by atoms with Crippen molar-refractivity contribution in [3.8, 4) is 0 Å². The first-order chi connectivity index (χ1) is 8.15. The molecule has 0 saturated carbocycles. The first-order valence-electron chi connectivity index (χ1n) is 5.14. The molecule has 3 rings (SSSR count). The lowest BCUT2D eigenvalue weighted by molar-refractivity contribution is 0.0502. The van der Waals surface area contributed by atoms with Crippen molar-refractivity contribution < 1.29 is 9.84 Å². The minimum atomic E-state index is -0.452. The van der Waals surface area contributed by atoms with E-state index in [1.807, 2.05) is 0 Å². The SMILES string of the molecule is Nc1nc(S)c2ncn([C@H]3C[C@H](O)CO3)c2n1. The van der Waals surface area contributed by atoms with Crippen LogP contribution in [0.5, 0.6) is 0 Å². The van der Waals surface area contributed by atoms with Crippen LogP contribution in [-0.4, -0.2) is 37.3 Å². The van der Waals surface area contributed by atoms with Gasteiger partial charge in [0.05, 0.1) is 19.0 Å². The summed E-state index contributed by atoms with van der Waals surface area (Å²) in [6.07, 6.45) is 1.39. The second kappa shape index (κ2) is 3.83. The number of imidazole rings is 1. The molecule has 90 valence electrons. The summed E-state index contributed by atoms with van der Waals surface area (Å²) in [6, 6.07) is 0. The van der Waals surface area contributed by atoms with Gasteiger partial charge < -0.3 is 15.6 Å². The lowest BCUT2D eigenvalue weighted by Gasteiger charge is -2.11. The lowest BCUT2D eigenvalue weighted by Crippen LogP contribution is -2.08. The Kier molecular flexibility index (Phi) is 2.42. The highest BCUT2D eigenvalue weighted by Crippen LogP contribution is 2.28. The predicted octanol–water partition coefficient (Wildman–Crippen LogP) is -0.0230. The van der Waals surface area contributed by atoms with Crippen LogP contribution in [0, 0.1) is 0 Å². The third kappa shape index (κ3) is 1.74. The molecular weight excluding hydrogens is 242 g/mol. The maximum atomic E-state index is 9.45. The quantitative estimate of drug-likeness (QED) is 0.488. The summed E-state index contributed by atoms with van der Waals surface area (Å²) in [5.41, 5.74) is 6.72. The number of hydrogen-bond acceptors (Lipinski definition) is 7. The summed E-state index contributed by atoms with van der Waals surface area (Å²) in [4.78, 5) is 12.2. The largest absolute Gasteiger partial charge is 0.391 e. The predicted molar refractivity (Wildman–Crippen MR) is 62.6 cm³/mol. The smallest absolute Gasteiger partial charge is 0.223 e. The Morgan fingerprint density at radius 1 is 1.53 bits per heavy atom. The number of rotatable bonds is 1. The van der Waals surface area contributed by atoms with Crippen LogP contribution in [0.1, 0.15) is 12.6 Å². The molecule has 0 bridgehead atoms. The molecule has 17 heavy (non-hydrogen) atoms. The first kappa shape index (κ1) is 10.8. The third-order valence-corrected chi connectivity index (χ3v) is 3.00. The van der Waals surface area contributed by atoms with Gasteiger partial charge in [0.2, 0.25) is 5.95 Å². The number of hydrogen-bond donors (Lipinski definition) is 3. The normalized spacial score (nSPS) is 24.6. The summed E-state index contributed by atoms with van der Waals surface area (Å²) >= 11 is 4.20. The molecule has 2 aromatic rings. The number of nitrogens with two attached hydrogens (primary N) is 1. The molecule has 2 atom stereocenters. The Balaban J connectivity index is 2.11. The van der Waals surface area contributed by atoms with E-state index in [0.717, 1.165) is 0 Å². The van der Waals surface area contributed by atoms with Crippen molar-refractivity contribution in [1.82, 2.24) is 19.5 Å². The van der Waals surface area contributed by atoms with Crippen molar-refractivity contribution in [2.75, 3.05) is 12.3 Å². The zero-order valence-electron chi connectivity index (χ0n) is 8.82. The van der Waals surface area contributed by atoms with E-state index < -0.39 is 6.10 Å². The molecule has 1 fully saturated rings. The van der Waals surface area contributed by atoms with Crippen LogP contribution in [0.25, 0.3) is 11.2 Å². The monoisotopic (exact) mass is 253 g/mol. The van der Waals surface area contributed by atoms with Crippen LogP contribution in [0.3, 0.4) is 0 Å². The fraction of sp³-hybridized carbons (Fsp3) is 0.444. The molecule has 0 spiro atoms. The standard InChI is InChI=1S/C9H11N5O2S/c10-9-12-7-6(8(17)13-9)11-3-14(7)5-1-4(15)2-16-5/h3-5,15H,1-2H2,(H3,10,12,13,17)/t4-,5+/m0/s1. The van der Waals surface area contributed by atoms with Crippen molar-refractivity contribution in [3.63, 3.8) is 0 Å². The lowest BCUT2D eigenvalue weighted by atomic mass is 10.3. The molecule has 2 aromatic heterocycles. The van der Waals surface area contributed by atoms with E-state index in [4.69, 9.17) is 10.5 Å². The molecule has 0 aliphatic carbocycles. The summed E-state index contributed by atoms with van der Waals surface area (Å²) in [7, 11) is 0. The number of fused-ring (bicyclic) bond motifs is 1. The van der Waals surface area contributed by atoms with Gasteiger partial charge in [-0.05, 0) is 0 Å². The molecule has 8 heteroatoms. The second-order valence-electron chi connectivity index (χ2n) is 3.91. The van der Waals surface area contributed by atoms with Gasteiger partial charge in [0.25, 0.3) is 0 Å². The number of nitrogens with zero attached hydrogens (tertiary/aromatic N) is 4. The summed E-state index contributed by atoms with van der Waals surface area (Å²) in [5, 5.41) is 9.88. The van der Waals surface area contributed by atoms with E-state index in [-0.39, 0.29) is 12.2 Å². The Hall–Kier alpha value is -1.38. The van der Waals surface area contributed by atoms with Crippen molar-refractivity contribution >= 4 is 29.7 Å². The number of nitrogen functional groups attached to an aromatic ring is 1. The third-order valence-electron chi connectivity index (χ3n) is 2.69. The van der Waals surface area contributed by atoms with Crippen LogP contribution < -0.4 is 5.73 Å². The minimum absolute atomic E-state index is 0.141. The zero-order chi connectivity index (χ0) is 12.0. The average molecular weight is 253 g/mol. The summed E-state index contributed by atoms with van der Waals surface area (Å²) in [6.45, 7) is 0.318. The fourth-order valence-electron chi connectivity index (χ4n) is 1.91. The number of thiol groups is 1. The van der Waals surface area contributed by atoms with Gasteiger partial charge in [-0.2, -0.15) is 4.98 Å². The van der Waals surface area contributed by atoms with Gasteiger partial charge in [0.1, 0.15) is 16.8 Å². The van der Waals surface area contributed by atoms with Crippen molar-refractivity contribution in [1.29, 1.82) is 0 Å². The number of ether oxygens (including phenoxy) is 1. The highest BCUT2D eigenvalue weighted by Gasteiger charge is 2.27. The van der Waals surface area contributed by atoms with Crippen LogP contribution in [0.15, 0.2) is 11.4 Å². The van der Waals surface area contributed by atoms with Crippen molar-refractivity contribution in [2.45, 2.75) is 23.8 Å². The number of aromatic nitrogens is 4. The molecular formula is C9H11N5O2S. The molecule has 0 radical (unpaired) electrons. The van der Waals surface area contributed by atoms with Gasteiger partial charge in [0, 0.05) is 6.42 Å². The number of aliphatic hydroxyl groups is 1. The van der Waals surface area contributed by atoms with Gasteiger partial charge in [-0.25, -0.2) is 9.97 Å². The van der Waals surface area contributed by atoms with Gasteiger partial charge in [-0.1, -0.05) is 0 Å². The van der Waals surface area contributed by atoms with Crippen LogP contribution in [0.4, 0.5) is 5.95 Å². The Labute approximate surface area is 102 Å². The van der Waals surface area contributed by atoms with E-state index in [9.17, 15) is 5.11 Å². The topological polar surface area (TPSA) is 99.1 Å². The van der Waals surface area contributed by atoms with Gasteiger partial charge >= 0.3 is 0 Å². The molecule has 3 N–H and O–H groups in total. The van der Waals surface area contributed by atoms with E-state index in [1.165, 1.54) is 0 Å². The van der Waals surface area contributed by atoms with E-state index in [1.54, 1.807) is 10.9 Å². The van der Waals surface area contributed by atoms with Crippen LogP contribution in [0.2, 0.25) is 0 Å². The molecule has 3 heterocycles. The highest BCUT2D eigenvalue weighted by molar-refractivity contribution is 7.80. The summed E-state index contributed by atoms with van der Waals surface area (Å²) in [5.74, 6) is 0.141. The van der Waals surface area contributed by atoms with Gasteiger partial charge in [-0.3, -0.25) is 4.57 Å². The number of aliphatic hydroxyl groups excluding tert-OH is 1. The molecule has 1 aliphatic heterocycles. The Morgan fingerprint density at radius 2 is 2.35 bits per heavy atom. The molecule has 0 unspecified atom stereocenters. The minimum Gasteiger partial charge on any atom is -0.391 e. The van der Waals surface area contributed by atoms with E-state index in [0.29, 0.717) is 29.2 Å².